The first kappa shape index (κ1) is 20.8. The Labute approximate surface area is 191 Å². The van der Waals surface area contributed by atoms with E-state index in [4.69, 9.17) is 9.47 Å². The number of amides is 1. The first-order valence-corrected chi connectivity index (χ1v) is 11.8. The van der Waals surface area contributed by atoms with Crippen molar-refractivity contribution in [2.24, 2.45) is 11.8 Å². The lowest BCUT2D eigenvalue weighted by atomic mass is 9.72. The molecule has 5 rings (SSSR count). The molecule has 3 heterocycles. The summed E-state index contributed by atoms with van der Waals surface area (Å²) in [6.07, 6.45) is 7.48. The maximum atomic E-state index is 13.5. The standard InChI is InChI=1S/C25H27N3O3S/c1-15-17-8-10-28(25(29)24-26-9-11-32-24)21(19(17)13-22(30-2)23(15)31-3)12-16-14-27-20-7-5-4-6-18(16)20/h4-7,9,11,13-15,17,21,27H,8,10,12H2,1-3H3/t15?,17?,21-/m0/s1. The molecule has 1 N–H and O–H groups in total. The van der Waals surface area contributed by atoms with Gasteiger partial charge in [0.1, 0.15) is 5.76 Å². The molecular formula is C25H27N3O3S. The zero-order valence-electron chi connectivity index (χ0n) is 18.5. The number of H-pyrrole nitrogens is 1. The average molecular weight is 450 g/mol. The molecule has 3 aromatic rings. The maximum Gasteiger partial charge on any atom is 0.283 e. The highest BCUT2D eigenvalue weighted by Crippen LogP contribution is 2.44. The van der Waals surface area contributed by atoms with E-state index in [0.29, 0.717) is 17.5 Å². The lowest BCUT2D eigenvalue weighted by Crippen LogP contribution is -2.50. The van der Waals surface area contributed by atoms with Gasteiger partial charge in [-0.3, -0.25) is 4.79 Å². The van der Waals surface area contributed by atoms with Gasteiger partial charge in [-0.15, -0.1) is 11.3 Å². The van der Waals surface area contributed by atoms with Crippen LogP contribution >= 0.6 is 11.3 Å². The minimum atomic E-state index is -0.0737. The monoisotopic (exact) mass is 449 g/mol. The van der Waals surface area contributed by atoms with Crippen LogP contribution in [0.2, 0.25) is 0 Å². The van der Waals surface area contributed by atoms with Crippen molar-refractivity contribution in [2.75, 3.05) is 20.8 Å². The fraction of sp³-hybridized carbons (Fsp3) is 0.360. The third-order valence-corrected chi connectivity index (χ3v) is 7.59. The van der Waals surface area contributed by atoms with Crippen LogP contribution in [0, 0.1) is 11.8 Å². The van der Waals surface area contributed by atoms with E-state index in [-0.39, 0.29) is 17.9 Å². The quantitative estimate of drug-likeness (QED) is 0.609. The highest BCUT2D eigenvalue weighted by Gasteiger charge is 2.43. The van der Waals surface area contributed by atoms with Gasteiger partial charge in [0.25, 0.3) is 5.91 Å². The van der Waals surface area contributed by atoms with Gasteiger partial charge in [0.2, 0.25) is 0 Å². The van der Waals surface area contributed by atoms with Gasteiger partial charge in [0, 0.05) is 41.1 Å². The second-order valence-corrected chi connectivity index (χ2v) is 9.27. The summed E-state index contributed by atoms with van der Waals surface area (Å²) in [5, 5.41) is 3.59. The average Bonchev–Trinajstić information content (AvgIpc) is 3.49. The van der Waals surface area contributed by atoms with Crippen LogP contribution < -0.4 is 0 Å². The van der Waals surface area contributed by atoms with Crippen molar-refractivity contribution in [1.29, 1.82) is 0 Å². The second-order valence-electron chi connectivity index (χ2n) is 8.38. The van der Waals surface area contributed by atoms with Crippen molar-refractivity contribution >= 4 is 28.1 Å². The lowest BCUT2D eigenvalue weighted by Gasteiger charge is -2.45. The molecule has 1 aliphatic carbocycles. The number of benzene rings is 1. The Hall–Kier alpha value is -3.06. The van der Waals surface area contributed by atoms with Crippen molar-refractivity contribution in [3.8, 4) is 0 Å². The molecule has 7 heteroatoms. The first-order valence-electron chi connectivity index (χ1n) is 10.9. The summed E-state index contributed by atoms with van der Waals surface area (Å²) in [5.41, 5.74) is 3.55. The molecule has 32 heavy (non-hydrogen) atoms. The highest BCUT2D eigenvalue weighted by atomic mass is 32.1. The Morgan fingerprint density at radius 1 is 1.28 bits per heavy atom. The molecule has 1 amide bonds. The topological polar surface area (TPSA) is 67.5 Å². The summed E-state index contributed by atoms with van der Waals surface area (Å²) < 4.78 is 11.4. The Morgan fingerprint density at radius 2 is 2.12 bits per heavy atom. The molecule has 3 atom stereocenters. The minimum absolute atomic E-state index is 0.00247. The molecule has 1 fully saturated rings. The van der Waals surface area contributed by atoms with Gasteiger partial charge in [-0.25, -0.2) is 4.98 Å². The van der Waals surface area contributed by atoms with Crippen molar-refractivity contribution in [2.45, 2.75) is 25.8 Å². The number of allylic oxidation sites excluding steroid dienone is 2. The van der Waals surface area contributed by atoms with Crippen LogP contribution in [0.15, 0.2) is 65.2 Å². The maximum absolute atomic E-state index is 13.5. The van der Waals surface area contributed by atoms with Crippen molar-refractivity contribution < 1.29 is 14.3 Å². The van der Waals surface area contributed by atoms with E-state index in [1.165, 1.54) is 27.9 Å². The molecule has 166 valence electrons. The summed E-state index contributed by atoms with van der Waals surface area (Å²) >= 11 is 1.39. The van der Waals surface area contributed by atoms with Gasteiger partial charge in [-0.2, -0.15) is 0 Å². The van der Waals surface area contributed by atoms with Crippen LogP contribution in [-0.4, -0.2) is 47.6 Å². The number of nitrogens with zero attached hydrogens (tertiary/aromatic N) is 2. The van der Waals surface area contributed by atoms with Crippen LogP contribution in [0.4, 0.5) is 0 Å². The Bertz CT molecular complexity index is 1190. The molecule has 2 aromatic heterocycles. The van der Waals surface area contributed by atoms with Crippen LogP contribution in [-0.2, 0) is 15.9 Å². The van der Waals surface area contributed by atoms with Crippen LogP contribution in [0.3, 0.4) is 0 Å². The van der Waals surface area contributed by atoms with Gasteiger partial charge < -0.3 is 19.4 Å². The fourth-order valence-corrected chi connectivity index (χ4v) is 5.87. The number of hydrogen-bond donors (Lipinski definition) is 1. The number of hydrogen-bond acceptors (Lipinski definition) is 5. The summed E-state index contributed by atoms with van der Waals surface area (Å²) in [6.45, 7) is 2.88. The number of ether oxygens (including phenoxy) is 2. The molecule has 2 unspecified atom stereocenters. The largest absolute Gasteiger partial charge is 0.497 e. The number of piperidine rings is 1. The fourth-order valence-electron chi connectivity index (χ4n) is 5.28. The van der Waals surface area contributed by atoms with E-state index in [2.05, 4.69) is 47.4 Å². The number of aromatic amines is 1. The number of fused-ring (bicyclic) bond motifs is 2. The highest BCUT2D eigenvalue weighted by molar-refractivity contribution is 7.11. The van der Waals surface area contributed by atoms with Crippen molar-refractivity contribution in [1.82, 2.24) is 14.9 Å². The third-order valence-electron chi connectivity index (χ3n) is 6.83. The zero-order valence-corrected chi connectivity index (χ0v) is 19.3. The molecule has 1 aliphatic heterocycles. The van der Waals surface area contributed by atoms with Gasteiger partial charge in [0.15, 0.2) is 10.8 Å². The van der Waals surface area contributed by atoms with E-state index in [0.717, 1.165) is 29.9 Å². The number of likely N-dealkylation sites (tertiary alicyclic amines) is 1. The smallest absolute Gasteiger partial charge is 0.283 e. The van der Waals surface area contributed by atoms with Gasteiger partial charge in [-0.1, -0.05) is 25.1 Å². The summed E-state index contributed by atoms with van der Waals surface area (Å²) in [6, 6.07) is 8.23. The van der Waals surface area contributed by atoms with Gasteiger partial charge in [0.05, 0.1) is 20.3 Å². The molecular weight excluding hydrogens is 422 g/mol. The van der Waals surface area contributed by atoms with Crippen LogP contribution in [0.1, 0.15) is 28.7 Å². The number of para-hydroxylation sites is 1. The molecule has 0 saturated carbocycles. The molecule has 0 bridgehead atoms. The lowest BCUT2D eigenvalue weighted by molar-refractivity contribution is 0.0602. The Morgan fingerprint density at radius 3 is 2.88 bits per heavy atom. The SMILES string of the molecule is COC1=C(OC)C(C)C2CCN(C(=O)c3nccs3)[C@@H](Cc3c[nH]c4ccccc34)C2=C1. The van der Waals surface area contributed by atoms with E-state index in [1.807, 2.05) is 16.3 Å². The Balaban J connectivity index is 1.59. The molecule has 1 aromatic carbocycles. The third kappa shape index (κ3) is 3.41. The number of nitrogens with one attached hydrogen (secondary N) is 1. The number of rotatable bonds is 5. The number of methoxy groups -OCH3 is 2. The zero-order chi connectivity index (χ0) is 22.2. The first-order chi connectivity index (χ1) is 15.6. The summed E-state index contributed by atoms with van der Waals surface area (Å²) in [4.78, 5) is 23.1. The van der Waals surface area contributed by atoms with Crippen LogP contribution in [0.5, 0.6) is 0 Å². The molecule has 6 nitrogen and oxygen atoms in total. The van der Waals surface area contributed by atoms with Crippen LogP contribution in [0.25, 0.3) is 10.9 Å². The Kier molecular flexibility index (Phi) is 5.51. The van der Waals surface area contributed by atoms with Crippen molar-refractivity contribution in [3.63, 3.8) is 0 Å². The summed E-state index contributed by atoms with van der Waals surface area (Å²) in [5.74, 6) is 2.12. The van der Waals surface area contributed by atoms with Crippen molar-refractivity contribution in [3.05, 3.63) is 75.8 Å². The van der Waals surface area contributed by atoms with E-state index >= 15 is 0 Å². The van der Waals surface area contributed by atoms with E-state index < -0.39 is 0 Å². The summed E-state index contributed by atoms with van der Waals surface area (Å²) in [7, 11) is 3.38. The van der Waals surface area contributed by atoms with Gasteiger partial charge >= 0.3 is 0 Å². The van der Waals surface area contributed by atoms with E-state index in [1.54, 1.807) is 20.4 Å². The predicted octanol–water partition coefficient (Wildman–Crippen LogP) is 4.78. The molecule has 2 aliphatic rings. The number of carbonyl (C=O) groups excluding carboxylic acids is 1. The molecule has 1 saturated heterocycles. The minimum Gasteiger partial charge on any atom is -0.497 e. The second kappa shape index (κ2) is 8.47. The number of thiazole rings is 1. The predicted molar refractivity (Wildman–Crippen MR) is 125 cm³/mol. The van der Waals surface area contributed by atoms with Gasteiger partial charge in [-0.05, 0) is 42.0 Å². The number of aromatic nitrogens is 2. The van der Waals surface area contributed by atoms with E-state index in [9.17, 15) is 4.79 Å². The number of carbonyl (C=O) groups is 1. The normalized spacial score (nSPS) is 23.2. The molecule has 0 spiro atoms. The molecule has 0 radical (unpaired) electrons.